The van der Waals surface area contributed by atoms with Crippen LogP contribution in [0.2, 0.25) is 0 Å². The van der Waals surface area contributed by atoms with Gasteiger partial charge in [0, 0.05) is 18.5 Å². The highest BCUT2D eigenvalue weighted by Crippen LogP contribution is 2.27. The van der Waals surface area contributed by atoms with E-state index in [9.17, 15) is 0 Å². The van der Waals surface area contributed by atoms with Gasteiger partial charge in [0.1, 0.15) is 6.26 Å². The molecule has 1 fully saturated rings. The Labute approximate surface area is 116 Å². The smallest absolute Gasteiger partial charge is 0.198 e. The first-order valence-corrected chi connectivity index (χ1v) is 7.53. The molecule has 0 bridgehead atoms. The second-order valence-electron chi connectivity index (χ2n) is 5.81. The van der Waals surface area contributed by atoms with Crippen molar-refractivity contribution in [3.05, 3.63) is 17.8 Å². The van der Waals surface area contributed by atoms with Gasteiger partial charge in [-0.15, -0.1) is 0 Å². The third-order valence-corrected chi connectivity index (χ3v) is 3.96. The molecule has 1 N–H and O–H groups in total. The quantitative estimate of drug-likeness (QED) is 0.802. The highest BCUT2D eigenvalue weighted by molar-refractivity contribution is 5.03. The number of likely N-dealkylation sites (tertiary alicyclic amines) is 1. The summed E-state index contributed by atoms with van der Waals surface area (Å²) in [5.41, 5.74) is 1.10. The molecule has 108 valence electrons. The van der Waals surface area contributed by atoms with Gasteiger partial charge >= 0.3 is 0 Å². The summed E-state index contributed by atoms with van der Waals surface area (Å²) in [6.07, 6.45) is 6.43. The average molecular weight is 265 g/mol. The number of nitrogens with zero attached hydrogens (tertiary/aromatic N) is 2. The van der Waals surface area contributed by atoms with Crippen molar-refractivity contribution in [2.45, 2.75) is 51.5 Å². The van der Waals surface area contributed by atoms with Crippen molar-refractivity contribution in [1.82, 2.24) is 15.2 Å². The number of nitrogens with one attached hydrogen (secondary N) is 1. The van der Waals surface area contributed by atoms with Crippen molar-refractivity contribution in [1.29, 1.82) is 0 Å². The summed E-state index contributed by atoms with van der Waals surface area (Å²) in [6, 6.07) is 0.618. The molecule has 0 radical (unpaired) electrons. The fourth-order valence-electron chi connectivity index (χ4n) is 2.75. The van der Waals surface area contributed by atoms with Crippen LogP contribution in [0.25, 0.3) is 0 Å². The van der Waals surface area contributed by atoms with Gasteiger partial charge in [-0.05, 0) is 59.7 Å². The third kappa shape index (κ3) is 4.05. The number of rotatable bonds is 6. The number of piperidine rings is 1. The molecule has 4 nitrogen and oxygen atoms in total. The predicted octanol–water partition coefficient (Wildman–Crippen LogP) is 2.41. The van der Waals surface area contributed by atoms with Crippen LogP contribution in [-0.2, 0) is 6.42 Å². The lowest BCUT2D eigenvalue weighted by Crippen LogP contribution is -2.39. The highest BCUT2D eigenvalue weighted by Gasteiger charge is 2.26. The van der Waals surface area contributed by atoms with Crippen LogP contribution in [0.5, 0.6) is 0 Å². The summed E-state index contributed by atoms with van der Waals surface area (Å²) in [5.74, 6) is 1.43. The van der Waals surface area contributed by atoms with Crippen molar-refractivity contribution in [2.75, 3.05) is 26.7 Å². The molecule has 0 saturated carbocycles. The minimum atomic E-state index is 0.481. The van der Waals surface area contributed by atoms with Crippen LogP contribution in [0.1, 0.15) is 50.6 Å². The van der Waals surface area contributed by atoms with E-state index >= 15 is 0 Å². The maximum atomic E-state index is 5.70. The molecule has 1 atom stereocenters. The Kier molecular flexibility index (Phi) is 5.40. The van der Waals surface area contributed by atoms with E-state index in [4.69, 9.17) is 4.42 Å². The summed E-state index contributed by atoms with van der Waals surface area (Å²) < 4.78 is 5.70. The average Bonchev–Trinajstić information content (AvgIpc) is 2.88. The molecule has 4 heteroatoms. The molecule has 1 aliphatic heterocycles. The first-order valence-electron chi connectivity index (χ1n) is 7.53. The van der Waals surface area contributed by atoms with E-state index in [-0.39, 0.29) is 0 Å². The lowest BCUT2D eigenvalue weighted by atomic mass is 9.97. The predicted molar refractivity (Wildman–Crippen MR) is 77.4 cm³/mol. The Morgan fingerprint density at radius 3 is 3.11 bits per heavy atom. The number of oxazole rings is 1. The van der Waals surface area contributed by atoms with E-state index in [2.05, 4.69) is 29.0 Å². The van der Waals surface area contributed by atoms with E-state index in [1.807, 2.05) is 13.3 Å². The van der Waals surface area contributed by atoms with Gasteiger partial charge < -0.3 is 14.6 Å². The fraction of sp³-hybridized carbons (Fsp3) is 0.800. The van der Waals surface area contributed by atoms with Gasteiger partial charge in [-0.25, -0.2) is 4.98 Å². The van der Waals surface area contributed by atoms with Crippen LogP contribution in [0.4, 0.5) is 0 Å². The molecule has 0 aliphatic carbocycles. The Balaban J connectivity index is 1.90. The molecule has 2 rings (SSSR count). The van der Waals surface area contributed by atoms with Crippen LogP contribution < -0.4 is 5.32 Å². The Hall–Kier alpha value is -0.870. The summed E-state index contributed by atoms with van der Waals surface area (Å²) in [6.45, 7) is 7.87. The van der Waals surface area contributed by atoms with Crippen molar-refractivity contribution in [3.8, 4) is 0 Å². The first kappa shape index (κ1) is 14.5. The molecule has 1 aliphatic rings. The second kappa shape index (κ2) is 7.06. The lowest BCUT2D eigenvalue weighted by molar-refractivity contribution is 0.157. The number of aryl methyl sites for hydroxylation is 1. The molecular formula is C15H27N3O. The number of aromatic nitrogens is 1. The van der Waals surface area contributed by atoms with Gasteiger partial charge in [0.15, 0.2) is 5.89 Å². The molecule has 0 aromatic carbocycles. The molecule has 1 saturated heterocycles. The van der Waals surface area contributed by atoms with Gasteiger partial charge in [0.2, 0.25) is 0 Å². The molecule has 1 unspecified atom stereocenters. The Bertz CT molecular complexity index is 375. The summed E-state index contributed by atoms with van der Waals surface area (Å²) in [7, 11) is 1.98. The van der Waals surface area contributed by atoms with E-state index in [0.717, 1.165) is 37.5 Å². The molecule has 0 amide bonds. The molecular weight excluding hydrogens is 238 g/mol. The minimum Gasteiger partial charge on any atom is -0.448 e. The first-order chi connectivity index (χ1) is 9.20. The maximum Gasteiger partial charge on any atom is 0.198 e. The monoisotopic (exact) mass is 265 g/mol. The fourth-order valence-corrected chi connectivity index (χ4v) is 2.75. The van der Waals surface area contributed by atoms with Crippen LogP contribution in [-0.4, -0.2) is 42.6 Å². The van der Waals surface area contributed by atoms with Gasteiger partial charge in [0.25, 0.3) is 0 Å². The van der Waals surface area contributed by atoms with E-state index < -0.39 is 0 Å². The number of hydrogen-bond donors (Lipinski definition) is 1. The number of hydrogen-bond acceptors (Lipinski definition) is 4. The highest BCUT2D eigenvalue weighted by atomic mass is 16.3. The van der Waals surface area contributed by atoms with Crippen molar-refractivity contribution in [3.63, 3.8) is 0 Å². The molecule has 0 spiro atoms. The van der Waals surface area contributed by atoms with Crippen LogP contribution in [0, 0.1) is 0 Å². The Morgan fingerprint density at radius 1 is 1.53 bits per heavy atom. The van der Waals surface area contributed by atoms with Gasteiger partial charge in [-0.3, -0.25) is 0 Å². The van der Waals surface area contributed by atoms with Gasteiger partial charge in [-0.2, -0.15) is 0 Å². The summed E-state index contributed by atoms with van der Waals surface area (Å²) in [4.78, 5) is 7.21. The molecule has 1 aromatic rings. The zero-order valence-corrected chi connectivity index (χ0v) is 12.5. The lowest BCUT2D eigenvalue weighted by Gasteiger charge is -2.34. The standard InChI is InChI=1S/C15H27N3O/c1-12(2)18-9-5-6-13(10-18)15-17-14(11-19-15)7-4-8-16-3/h11-13,16H,4-10H2,1-3H3. The zero-order valence-electron chi connectivity index (χ0n) is 12.5. The molecule has 19 heavy (non-hydrogen) atoms. The van der Waals surface area contributed by atoms with Gasteiger partial charge in [-0.1, -0.05) is 0 Å². The summed E-state index contributed by atoms with van der Waals surface area (Å²) in [5, 5.41) is 3.16. The minimum absolute atomic E-state index is 0.481. The SMILES string of the molecule is CNCCCc1coc(C2CCCN(C(C)C)C2)n1. The van der Waals surface area contributed by atoms with E-state index in [0.29, 0.717) is 12.0 Å². The topological polar surface area (TPSA) is 41.3 Å². The second-order valence-corrected chi connectivity index (χ2v) is 5.81. The van der Waals surface area contributed by atoms with Crippen molar-refractivity contribution < 1.29 is 4.42 Å². The molecule has 2 heterocycles. The normalized spacial score (nSPS) is 21.2. The Morgan fingerprint density at radius 2 is 2.37 bits per heavy atom. The van der Waals surface area contributed by atoms with Crippen LogP contribution >= 0.6 is 0 Å². The molecule has 1 aromatic heterocycles. The zero-order chi connectivity index (χ0) is 13.7. The van der Waals surface area contributed by atoms with E-state index in [1.54, 1.807) is 0 Å². The van der Waals surface area contributed by atoms with Crippen molar-refractivity contribution >= 4 is 0 Å². The third-order valence-electron chi connectivity index (χ3n) is 3.96. The maximum absolute atomic E-state index is 5.70. The van der Waals surface area contributed by atoms with Crippen LogP contribution in [0.15, 0.2) is 10.7 Å². The summed E-state index contributed by atoms with van der Waals surface area (Å²) >= 11 is 0. The van der Waals surface area contributed by atoms with Gasteiger partial charge in [0.05, 0.1) is 5.69 Å². The van der Waals surface area contributed by atoms with Crippen LogP contribution in [0.3, 0.4) is 0 Å². The largest absolute Gasteiger partial charge is 0.448 e. The van der Waals surface area contributed by atoms with E-state index in [1.165, 1.54) is 19.4 Å². The van der Waals surface area contributed by atoms with Crippen molar-refractivity contribution in [2.24, 2.45) is 0 Å².